The van der Waals surface area contributed by atoms with Crippen molar-refractivity contribution in [1.29, 1.82) is 0 Å². The first-order chi connectivity index (χ1) is 22.3. The van der Waals surface area contributed by atoms with E-state index in [1.807, 2.05) is 60.7 Å². The molecule has 0 unspecified atom stereocenters. The predicted molar refractivity (Wildman–Crippen MR) is 185 cm³/mol. The van der Waals surface area contributed by atoms with E-state index in [0.717, 1.165) is 26.7 Å². The second-order valence-corrected chi connectivity index (χ2v) is 13.4. The monoisotopic (exact) mass is 676 g/mol. The second kappa shape index (κ2) is 15.2. The molecule has 1 heterocycles. The average Bonchev–Trinajstić information content (AvgIpc) is 3.39. The van der Waals surface area contributed by atoms with Gasteiger partial charge in [0.2, 0.25) is 5.78 Å². The Morgan fingerprint density at radius 3 is 2.02 bits per heavy atom. The SMILES string of the molecule is CCOP(=O)(OCC)O/N=C(\CCSc1ccc(Cl)cc1)C(=O)c1ccc2c(c1)c1cc(C(=O)c3ccccc3)ccc1n2CC. The number of thioether (sulfide) groups is 1. The van der Waals surface area contributed by atoms with Crippen molar-refractivity contribution in [3.05, 3.63) is 113 Å². The Hall–Kier alpha value is -3.72. The number of aromatic nitrogens is 1. The van der Waals surface area contributed by atoms with E-state index in [0.29, 0.717) is 34.0 Å². The summed E-state index contributed by atoms with van der Waals surface area (Å²) < 4.78 is 30.9. The number of rotatable bonds is 15. The molecule has 0 spiro atoms. The van der Waals surface area contributed by atoms with Crippen molar-refractivity contribution in [3.63, 3.8) is 0 Å². The Labute approximate surface area is 277 Å². The molecule has 0 aliphatic carbocycles. The Bertz CT molecular complexity index is 1930. The number of phosphoric ester groups is 1. The third kappa shape index (κ3) is 7.63. The lowest BCUT2D eigenvalue weighted by atomic mass is 9.99. The Morgan fingerprint density at radius 1 is 0.804 bits per heavy atom. The first kappa shape index (κ1) is 33.6. The summed E-state index contributed by atoms with van der Waals surface area (Å²) in [5, 5.41) is 6.38. The van der Waals surface area contributed by atoms with Crippen LogP contribution in [0.2, 0.25) is 5.02 Å². The number of fused-ring (bicyclic) bond motifs is 3. The predicted octanol–water partition coefficient (Wildman–Crippen LogP) is 9.62. The number of halogens is 1. The molecule has 0 bridgehead atoms. The van der Waals surface area contributed by atoms with Gasteiger partial charge in [-0.1, -0.05) is 47.1 Å². The number of benzene rings is 4. The van der Waals surface area contributed by atoms with Gasteiger partial charge in [0.25, 0.3) is 0 Å². The van der Waals surface area contributed by atoms with E-state index in [1.165, 1.54) is 11.8 Å². The number of oxime groups is 1. The maximum absolute atomic E-state index is 14.0. The van der Waals surface area contributed by atoms with Crippen LogP contribution in [0.15, 0.2) is 101 Å². The smallest absolute Gasteiger partial charge is 0.341 e. The zero-order chi connectivity index (χ0) is 32.7. The molecule has 46 heavy (non-hydrogen) atoms. The van der Waals surface area contributed by atoms with Crippen molar-refractivity contribution in [2.45, 2.75) is 38.6 Å². The molecule has 0 saturated carbocycles. The van der Waals surface area contributed by atoms with E-state index in [9.17, 15) is 14.2 Å². The number of carbonyl (C=O) groups is 2. The number of hydrogen-bond acceptors (Lipinski definition) is 8. The zero-order valence-electron chi connectivity index (χ0n) is 25.8. The van der Waals surface area contributed by atoms with Crippen LogP contribution in [-0.4, -0.2) is 40.8 Å². The summed E-state index contributed by atoms with van der Waals surface area (Å²) >= 11 is 7.55. The van der Waals surface area contributed by atoms with Crippen molar-refractivity contribution in [2.24, 2.45) is 5.16 Å². The summed E-state index contributed by atoms with van der Waals surface area (Å²) in [7, 11) is -4.01. The van der Waals surface area contributed by atoms with Gasteiger partial charge < -0.3 is 4.57 Å². The van der Waals surface area contributed by atoms with E-state index in [4.69, 9.17) is 25.3 Å². The lowest BCUT2D eigenvalue weighted by Crippen LogP contribution is -2.16. The minimum Gasteiger partial charge on any atom is -0.341 e. The van der Waals surface area contributed by atoms with Gasteiger partial charge in [-0.15, -0.1) is 11.8 Å². The van der Waals surface area contributed by atoms with Gasteiger partial charge in [0.05, 0.1) is 13.2 Å². The molecule has 4 aromatic carbocycles. The molecule has 0 amide bonds. The van der Waals surface area contributed by atoms with Gasteiger partial charge in [0.15, 0.2) is 5.78 Å². The third-order valence-corrected chi connectivity index (χ3v) is 9.95. The van der Waals surface area contributed by atoms with Crippen LogP contribution >= 0.6 is 31.2 Å². The fourth-order valence-corrected chi connectivity index (χ4v) is 7.13. The molecule has 0 atom stereocenters. The normalized spacial score (nSPS) is 12.1. The highest BCUT2D eigenvalue weighted by Gasteiger charge is 2.28. The summed E-state index contributed by atoms with van der Waals surface area (Å²) in [5.74, 6) is 0.0304. The highest BCUT2D eigenvalue weighted by Crippen LogP contribution is 2.49. The van der Waals surface area contributed by atoms with Gasteiger partial charge in [-0.3, -0.25) is 23.3 Å². The van der Waals surface area contributed by atoms with Gasteiger partial charge in [-0.05, 0) is 81.4 Å². The molecule has 0 fully saturated rings. The van der Waals surface area contributed by atoms with E-state index < -0.39 is 7.82 Å². The Balaban J connectivity index is 1.51. The first-order valence-corrected chi connectivity index (χ1v) is 17.8. The summed E-state index contributed by atoms with van der Waals surface area (Å²) in [6.45, 7) is 6.23. The van der Waals surface area contributed by atoms with E-state index in [-0.39, 0.29) is 36.9 Å². The highest BCUT2D eigenvalue weighted by atomic mass is 35.5. The van der Waals surface area contributed by atoms with Crippen molar-refractivity contribution in [2.75, 3.05) is 19.0 Å². The molecule has 1 aromatic heterocycles. The van der Waals surface area contributed by atoms with Crippen LogP contribution in [0, 0.1) is 0 Å². The molecule has 11 heteroatoms. The average molecular weight is 677 g/mol. The quantitative estimate of drug-likeness (QED) is 0.0358. The summed E-state index contributed by atoms with van der Waals surface area (Å²) in [5.41, 5.74) is 3.50. The van der Waals surface area contributed by atoms with Crippen molar-refractivity contribution >= 4 is 70.3 Å². The molecular weight excluding hydrogens is 643 g/mol. The Morgan fingerprint density at radius 2 is 1.41 bits per heavy atom. The Kier molecular flexibility index (Phi) is 11.1. The highest BCUT2D eigenvalue weighted by molar-refractivity contribution is 7.99. The summed E-state index contributed by atoms with van der Waals surface area (Å²) in [4.78, 5) is 28.3. The van der Waals surface area contributed by atoms with Crippen molar-refractivity contribution in [1.82, 2.24) is 4.57 Å². The maximum Gasteiger partial charge on any atom is 0.550 e. The molecule has 0 saturated heterocycles. The molecule has 0 aliphatic heterocycles. The fourth-order valence-electron chi connectivity index (χ4n) is 5.15. The fraction of sp³-hybridized carbons (Fsp3) is 0.229. The molecule has 238 valence electrons. The maximum atomic E-state index is 14.0. The summed E-state index contributed by atoms with van der Waals surface area (Å²) in [6, 6.07) is 27.7. The molecule has 0 aliphatic rings. The minimum atomic E-state index is -4.01. The van der Waals surface area contributed by atoms with E-state index in [2.05, 4.69) is 16.6 Å². The molecule has 0 N–H and O–H groups in total. The topological polar surface area (TPSA) is 96.2 Å². The standard InChI is InChI=1S/C35H34ClN2O6PS/c1-4-38-32-18-12-25(34(39)24-10-8-7-9-11-24)22-29(32)30-23-26(13-19-33(30)38)35(40)31(37-44-45(41,42-5-2)43-6-3)20-21-46-28-16-14-27(36)15-17-28/h7-19,22-23H,4-6,20-21H2,1-3H3/b37-31+. The van der Waals surface area contributed by atoms with Crippen molar-refractivity contribution in [3.8, 4) is 0 Å². The van der Waals surface area contributed by atoms with Crippen LogP contribution in [0.4, 0.5) is 0 Å². The lowest BCUT2D eigenvalue weighted by Gasteiger charge is -2.14. The number of ketones is 2. The number of carbonyl (C=O) groups excluding carboxylic acids is 2. The lowest BCUT2D eigenvalue weighted by molar-refractivity contribution is 0.103. The number of Topliss-reactive ketones (excluding diaryl/α,β-unsaturated/α-hetero) is 1. The van der Waals surface area contributed by atoms with Gasteiger partial charge in [0, 0.05) is 67.1 Å². The number of hydrogen-bond donors (Lipinski definition) is 0. The molecular formula is C35H34ClN2O6PS. The third-order valence-electron chi connectivity index (χ3n) is 7.25. The molecule has 5 rings (SSSR count). The molecule has 8 nitrogen and oxygen atoms in total. The molecule has 0 radical (unpaired) electrons. The minimum absolute atomic E-state index is 0.0691. The first-order valence-electron chi connectivity index (χ1n) is 15.0. The number of phosphoric acid groups is 1. The number of aryl methyl sites for hydroxylation is 1. The summed E-state index contributed by atoms with van der Waals surface area (Å²) in [6.07, 6.45) is 0.217. The van der Waals surface area contributed by atoms with Crippen LogP contribution < -0.4 is 0 Å². The van der Waals surface area contributed by atoms with Gasteiger partial charge >= 0.3 is 7.82 Å². The van der Waals surface area contributed by atoms with Crippen LogP contribution in [0.25, 0.3) is 21.8 Å². The van der Waals surface area contributed by atoms with Gasteiger partial charge in [0.1, 0.15) is 5.71 Å². The number of nitrogens with zero attached hydrogens (tertiary/aromatic N) is 2. The zero-order valence-corrected chi connectivity index (χ0v) is 28.2. The van der Waals surface area contributed by atoms with Crippen LogP contribution in [0.5, 0.6) is 0 Å². The van der Waals surface area contributed by atoms with Crippen LogP contribution in [0.1, 0.15) is 53.5 Å². The van der Waals surface area contributed by atoms with Gasteiger partial charge in [-0.25, -0.2) is 4.57 Å². The van der Waals surface area contributed by atoms with Crippen molar-refractivity contribution < 1.29 is 27.8 Å². The van der Waals surface area contributed by atoms with Gasteiger partial charge in [-0.2, -0.15) is 0 Å². The molecule has 5 aromatic rings. The largest absolute Gasteiger partial charge is 0.550 e. The van der Waals surface area contributed by atoms with Crippen LogP contribution in [0.3, 0.4) is 0 Å². The second-order valence-electron chi connectivity index (χ2n) is 10.2. The van der Waals surface area contributed by atoms with E-state index in [1.54, 1.807) is 44.2 Å². The van der Waals surface area contributed by atoms with E-state index >= 15 is 0 Å². The van der Waals surface area contributed by atoms with Crippen LogP contribution in [-0.2, 0) is 24.8 Å².